The van der Waals surface area contributed by atoms with Gasteiger partial charge in [0.15, 0.2) is 0 Å². The van der Waals surface area contributed by atoms with Gasteiger partial charge in [-0.05, 0) is 38.3 Å². The van der Waals surface area contributed by atoms with Crippen LogP contribution in [0.5, 0.6) is 0 Å². The lowest BCUT2D eigenvalue weighted by Gasteiger charge is -2.38. The summed E-state index contributed by atoms with van der Waals surface area (Å²) < 4.78 is 5.42. The van der Waals surface area contributed by atoms with Gasteiger partial charge in [-0.1, -0.05) is 17.7 Å². The Morgan fingerprint density at radius 1 is 1.11 bits per heavy atom. The molecule has 7 heteroatoms. The lowest BCUT2D eigenvalue weighted by molar-refractivity contribution is -0.147. The van der Waals surface area contributed by atoms with Crippen LogP contribution < -0.4 is 5.73 Å². The lowest BCUT2D eigenvalue weighted by atomic mass is 9.79. The average molecular weight is 396 g/mol. The molecule has 3 rings (SSSR count). The van der Waals surface area contributed by atoms with Gasteiger partial charge in [0.1, 0.15) is 0 Å². The number of carbonyl (C=O) groups excluding carboxylic acids is 2. The minimum atomic E-state index is -0.492. The molecule has 2 amide bonds. The number of nitrogens with two attached hydrogens (primary N) is 1. The van der Waals surface area contributed by atoms with Crippen LogP contribution >= 0.6 is 12.4 Å². The summed E-state index contributed by atoms with van der Waals surface area (Å²) in [6.07, 6.45) is 2.16. The molecular formula is C20H30ClN3O3. The quantitative estimate of drug-likeness (QED) is 0.847. The van der Waals surface area contributed by atoms with Gasteiger partial charge in [-0.3, -0.25) is 9.59 Å². The van der Waals surface area contributed by atoms with Gasteiger partial charge in [0.2, 0.25) is 5.91 Å². The fraction of sp³-hybridized carbons (Fsp3) is 0.600. The second kappa shape index (κ2) is 9.53. The predicted molar refractivity (Wildman–Crippen MR) is 107 cm³/mol. The second-order valence-electron chi connectivity index (χ2n) is 7.40. The summed E-state index contributed by atoms with van der Waals surface area (Å²) in [5.74, 6) is 0.177. The molecule has 2 N–H and O–H groups in total. The second-order valence-corrected chi connectivity index (χ2v) is 7.40. The Hall–Kier alpha value is -1.63. The highest BCUT2D eigenvalue weighted by atomic mass is 35.5. The Morgan fingerprint density at radius 2 is 1.78 bits per heavy atom. The first kappa shape index (κ1) is 21.7. The first-order chi connectivity index (χ1) is 12.6. The molecule has 0 aromatic heterocycles. The Morgan fingerprint density at radius 3 is 2.44 bits per heavy atom. The smallest absolute Gasteiger partial charge is 0.253 e. The van der Waals surface area contributed by atoms with Crippen LogP contribution in [0.3, 0.4) is 0 Å². The Kier molecular flexibility index (Phi) is 7.65. The molecule has 0 bridgehead atoms. The molecule has 1 aromatic rings. The summed E-state index contributed by atoms with van der Waals surface area (Å²) in [6, 6.07) is 7.67. The number of hydrogen-bond acceptors (Lipinski definition) is 4. The number of nitrogens with zero attached hydrogens (tertiary/aromatic N) is 2. The van der Waals surface area contributed by atoms with Crippen molar-refractivity contribution in [1.29, 1.82) is 0 Å². The number of hydrogen-bond donors (Lipinski definition) is 1. The summed E-state index contributed by atoms with van der Waals surface area (Å²) in [4.78, 5) is 29.7. The normalized spacial score (nSPS) is 19.8. The van der Waals surface area contributed by atoms with Crippen molar-refractivity contribution in [3.63, 3.8) is 0 Å². The molecule has 2 aliphatic rings. The third-order valence-electron chi connectivity index (χ3n) is 5.63. The summed E-state index contributed by atoms with van der Waals surface area (Å²) >= 11 is 0. The van der Waals surface area contributed by atoms with Crippen LogP contribution in [0, 0.1) is 12.3 Å². The van der Waals surface area contributed by atoms with Crippen molar-refractivity contribution in [2.75, 3.05) is 45.9 Å². The molecule has 2 fully saturated rings. The van der Waals surface area contributed by atoms with Gasteiger partial charge in [-0.25, -0.2) is 0 Å². The first-order valence-electron chi connectivity index (χ1n) is 9.49. The zero-order valence-corrected chi connectivity index (χ0v) is 16.8. The van der Waals surface area contributed by atoms with E-state index in [0.29, 0.717) is 64.3 Å². The van der Waals surface area contributed by atoms with E-state index in [1.54, 1.807) is 0 Å². The highest BCUT2D eigenvalue weighted by molar-refractivity contribution is 5.94. The minimum Gasteiger partial charge on any atom is -0.381 e. The number of amides is 2. The van der Waals surface area contributed by atoms with Crippen molar-refractivity contribution < 1.29 is 14.3 Å². The summed E-state index contributed by atoms with van der Waals surface area (Å²) in [6.45, 7) is 6.02. The van der Waals surface area contributed by atoms with Crippen LogP contribution in [0.1, 0.15) is 35.2 Å². The van der Waals surface area contributed by atoms with Crippen molar-refractivity contribution >= 4 is 24.2 Å². The van der Waals surface area contributed by atoms with Crippen LogP contribution in [-0.4, -0.2) is 67.6 Å². The van der Waals surface area contributed by atoms with E-state index in [2.05, 4.69) is 0 Å². The number of ether oxygens (including phenoxy) is 1. The van der Waals surface area contributed by atoms with Gasteiger partial charge in [-0.15, -0.1) is 12.4 Å². The molecule has 6 nitrogen and oxygen atoms in total. The SMILES string of the molecule is Cc1cccc(C(=O)N2CCCN(C(=O)C3(CN)CCOCC3)CC2)c1.Cl. The van der Waals surface area contributed by atoms with Gasteiger partial charge < -0.3 is 20.3 Å². The molecule has 0 radical (unpaired) electrons. The van der Waals surface area contributed by atoms with Crippen molar-refractivity contribution in [2.24, 2.45) is 11.1 Å². The Balaban J connectivity index is 0.00000261. The maximum absolute atomic E-state index is 13.1. The van der Waals surface area contributed by atoms with Crippen molar-refractivity contribution in [3.8, 4) is 0 Å². The van der Waals surface area contributed by atoms with Crippen LogP contribution in [-0.2, 0) is 9.53 Å². The largest absolute Gasteiger partial charge is 0.381 e. The molecule has 2 aliphatic heterocycles. The van der Waals surface area contributed by atoms with Gasteiger partial charge in [0.25, 0.3) is 5.91 Å². The summed E-state index contributed by atoms with van der Waals surface area (Å²) in [7, 11) is 0. The van der Waals surface area contributed by atoms with Gasteiger partial charge in [0, 0.05) is 51.5 Å². The third-order valence-corrected chi connectivity index (χ3v) is 5.63. The monoisotopic (exact) mass is 395 g/mol. The van der Waals surface area contributed by atoms with E-state index < -0.39 is 5.41 Å². The Labute approximate surface area is 167 Å². The average Bonchev–Trinajstić information content (AvgIpc) is 2.93. The molecular weight excluding hydrogens is 366 g/mol. The Bertz CT molecular complexity index is 662. The molecule has 0 aliphatic carbocycles. The zero-order chi connectivity index (χ0) is 18.6. The number of halogens is 1. The van der Waals surface area contributed by atoms with E-state index in [4.69, 9.17) is 10.5 Å². The fourth-order valence-corrected chi connectivity index (χ4v) is 3.89. The van der Waals surface area contributed by atoms with Gasteiger partial charge in [-0.2, -0.15) is 0 Å². The number of rotatable bonds is 3. The van der Waals surface area contributed by atoms with Gasteiger partial charge in [0.05, 0.1) is 5.41 Å². The maximum Gasteiger partial charge on any atom is 0.253 e. The van der Waals surface area contributed by atoms with E-state index >= 15 is 0 Å². The van der Waals surface area contributed by atoms with E-state index in [1.807, 2.05) is 41.0 Å². The van der Waals surface area contributed by atoms with Crippen LogP contribution in [0.25, 0.3) is 0 Å². The third kappa shape index (κ3) is 4.81. The lowest BCUT2D eigenvalue weighted by Crippen LogP contribution is -2.51. The molecule has 0 saturated carbocycles. The molecule has 2 saturated heterocycles. The van der Waals surface area contributed by atoms with Crippen molar-refractivity contribution in [2.45, 2.75) is 26.2 Å². The predicted octanol–water partition coefficient (Wildman–Crippen LogP) is 1.85. The highest BCUT2D eigenvalue weighted by Crippen LogP contribution is 2.32. The molecule has 0 unspecified atom stereocenters. The number of aryl methyl sites for hydroxylation is 1. The highest BCUT2D eigenvalue weighted by Gasteiger charge is 2.41. The molecule has 150 valence electrons. The topological polar surface area (TPSA) is 75.9 Å². The van der Waals surface area contributed by atoms with Crippen LogP contribution in [0.4, 0.5) is 0 Å². The first-order valence-corrected chi connectivity index (χ1v) is 9.49. The zero-order valence-electron chi connectivity index (χ0n) is 16.0. The fourth-order valence-electron chi connectivity index (χ4n) is 3.89. The van der Waals surface area contributed by atoms with Crippen LogP contribution in [0.15, 0.2) is 24.3 Å². The van der Waals surface area contributed by atoms with E-state index in [-0.39, 0.29) is 24.2 Å². The summed E-state index contributed by atoms with van der Waals surface area (Å²) in [5, 5.41) is 0. The molecule has 2 heterocycles. The summed E-state index contributed by atoms with van der Waals surface area (Å²) in [5.41, 5.74) is 7.28. The number of benzene rings is 1. The van der Waals surface area contributed by atoms with E-state index in [9.17, 15) is 9.59 Å². The van der Waals surface area contributed by atoms with E-state index in [0.717, 1.165) is 12.0 Å². The molecule has 1 aromatic carbocycles. The molecule has 27 heavy (non-hydrogen) atoms. The van der Waals surface area contributed by atoms with E-state index in [1.165, 1.54) is 0 Å². The standard InChI is InChI=1S/C20H29N3O3.ClH/c1-16-4-2-5-17(14-16)18(24)22-8-3-9-23(11-10-22)19(25)20(15-21)6-12-26-13-7-20;/h2,4-5,14H,3,6-13,15,21H2,1H3;1H. The van der Waals surface area contributed by atoms with Crippen molar-refractivity contribution in [3.05, 3.63) is 35.4 Å². The van der Waals surface area contributed by atoms with Crippen LogP contribution in [0.2, 0.25) is 0 Å². The van der Waals surface area contributed by atoms with Gasteiger partial charge >= 0.3 is 0 Å². The van der Waals surface area contributed by atoms with Crippen molar-refractivity contribution in [1.82, 2.24) is 9.80 Å². The number of carbonyl (C=O) groups is 2. The maximum atomic E-state index is 13.1. The molecule has 0 spiro atoms. The molecule has 0 atom stereocenters. The minimum absolute atomic E-state index is 0.